The fourth-order valence-corrected chi connectivity index (χ4v) is 5.10. The van der Waals surface area contributed by atoms with E-state index in [1.165, 1.54) is 31.3 Å². The van der Waals surface area contributed by atoms with Gasteiger partial charge in [0.2, 0.25) is 10.0 Å². The quantitative estimate of drug-likeness (QED) is 0.129. The van der Waals surface area contributed by atoms with Gasteiger partial charge in [-0.15, -0.1) is 16.0 Å². The summed E-state index contributed by atoms with van der Waals surface area (Å²) < 4.78 is 63.3. The number of sulfonamides is 2. The van der Waals surface area contributed by atoms with Gasteiger partial charge in [0.25, 0.3) is 10.0 Å². The van der Waals surface area contributed by atoms with Crippen LogP contribution in [0.1, 0.15) is 5.56 Å². The fourth-order valence-electron chi connectivity index (χ4n) is 2.14. The molecule has 0 radical (unpaired) electrons. The summed E-state index contributed by atoms with van der Waals surface area (Å²) in [5.74, 6) is -0.500. The second-order valence-electron chi connectivity index (χ2n) is 5.82. The van der Waals surface area contributed by atoms with Crippen molar-refractivity contribution in [1.82, 2.24) is 13.7 Å². The number of urea groups is 1. The summed E-state index contributed by atoms with van der Waals surface area (Å²) in [6, 6.07) is 3.85. The molecule has 31 heavy (non-hydrogen) atoms. The first-order chi connectivity index (χ1) is 13.1. The van der Waals surface area contributed by atoms with E-state index < -0.39 is 40.4 Å². The molecule has 1 aromatic rings. The number of phosphoric acid groups is 1. The van der Waals surface area contributed by atoms with Crippen LogP contribution in [0.25, 0.3) is 0 Å². The number of hydrazine groups is 1. The summed E-state index contributed by atoms with van der Waals surface area (Å²) in [6.07, 6.45) is 1.40. The van der Waals surface area contributed by atoms with Gasteiger partial charge in [-0.2, -0.15) is 0 Å². The van der Waals surface area contributed by atoms with Crippen molar-refractivity contribution in [3.8, 4) is 5.75 Å². The van der Waals surface area contributed by atoms with Gasteiger partial charge in [-0.05, 0) is 17.7 Å². The normalized spacial score (nSPS) is 11.8. The van der Waals surface area contributed by atoms with Crippen molar-refractivity contribution in [2.45, 2.75) is 6.54 Å². The van der Waals surface area contributed by atoms with Crippen LogP contribution in [0.3, 0.4) is 0 Å². The molecule has 1 aromatic carbocycles. The molecular weight excluding hydrogens is 519 g/mol. The van der Waals surface area contributed by atoms with Gasteiger partial charge in [-0.1, -0.05) is 16.5 Å². The Bertz CT molecular complexity index is 990. The van der Waals surface area contributed by atoms with Crippen molar-refractivity contribution in [2.24, 2.45) is 0 Å². The molecule has 0 aliphatic rings. The van der Waals surface area contributed by atoms with Gasteiger partial charge in [0, 0.05) is 26.0 Å². The van der Waals surface area contributed by atoms with Crippen molar-refractivity contribution in [3.63, 3.8) is 0 Å². The van der Waals surface area contributed by atoms with Gasteiger partial charge in [0.15, 0.2) is 0 Å². The average molecular weight is 538 g/mol. The van der Waals surface area contributed by atoms with Crippen molar-refractivity contribution < 1.29 is 99.6 Å². The van der Waals surface area contributed by atoms with Crippen molar-refractivity contribution in [2.75, 3.05) is 32.0 Å². The molecule has 0 bridgehead atoms. The number of rotatable bonds is 9. The Morgan fingerprint density at radius 2 is 1.55 bits per heavy atom. The van der Waals surface area contributed by atoms with Gasteiger partial charge < -0.3 is 23.8 Å². The minimum Gasteiger partial charge on any atom is -0.780 e. The molecular formula is C13H19ClN3Na2O9PS2. The number of benzene rings is 1. The molecule has 0 aliphatic heterocycles. The number of carbonyl (C=O) groups excluding carboxylic acids is 1. The molecule has 0 unspecified atom stereocenters. The zero-order chi connectivity index (χ0) is 22.6. The molecule has 0 aromatic heterocycles. The van der Waals surface area contributed by atoms with Gasteiger partial charge in [0.1, 0.15) is 13.6 Å². The first-order valence-corrected chi connectivity index (χ1v) is 13.3. The predicted molar refractivity (Wildman–Crippen MR) is 100 cm³/mol. The summed E-state index contributed by atoms with van der Waals surface area (Å²) in [5, 5.41) is 0. The van der Waals surface area contributed by atoms with Crippen LogP contribution in [0.15, 0.2) is 24.3 Å². The Morgan fingerprint density at radius 1 is 1.06 bits per heavy atom. The van der Waals surface area contributed by atoms with Gasteiger partial charge >= 0.3 is 65.1 Å². The van der Waals surface area contributed by atoms with Crippen LogP contribution in [0.2, 0.25) is 0 Å². The maximum Gasteiger partial charge on any atom is 1.00 e. The molecule has 2 amide bonds. The molecule has 166 valence electrons. The van der Waals surface area contributed by atoms with E-state index in [-0.39, 0.29) is 81.7 Å². The Kier molecular flexibility index (Phi) is 14.7. The third-order valence-corrected chi connectivity index (χ3v) is 6.03. The first-order valence-electron chi connectivity index (χ1n) is 7.66. The molecule has 18 heteroatoms. The average Bonchev–Trinajstić information content (AvgIpc) is 2.52. The molecule has 0 atom stereocenters. The Morgan fingerprint density at radius 3 is 1.90 bits per heavy atom. The van der Waals surface area contributed by atoms with Crippen molar-refractivity contribution >= 4 is 45.5 Å². The van der Waals surface area contributed by atoms with Crippen LogP contribution >= 0.6 is 19.4 Å². The van der Waals surface area contributed by atoms with E-state index in [4.69, 9.17) is 11.6 Å². The Hall–Kier alpha value is 0.590. The summed E-state index contributed by atoms with van der Waals surface area (Å²) in [7, 11) is -12.5. The van der Waals surface area contributed by atoms with E-state index in [2.05, 4.69) is 4.52 Å². The Labute approximate surface area is 230 Å². The minimum atomic E-state index is -5.22. The zero-order valence-corrected chi connectivity index (χ0v) is 24.9. The molecule has 12 nitrogen and oxygen atoms in total. The van der Waals surface area contributed by atoms with E-state index >= 15 is 0 Å². The largest absolute Gasteiger partial charge is 1.00 e. The molecule has 0 spiro atoms. The van der Waals surface area contributed by atoms with Crippen molar-refractivity contribution in [1.29, 1.82) is 0 Å². The Balaban J connectivity index is 0. The summed E-state index contributed by atoms with van der Waals surface area (Å²) in [4.78, 5) is 34.8. The van der Waals surface area contributed by atoms with Gasteiger partial charge in [-0.3, -0.25) is 0 Å². The number of halogens is 1. The van der Waals surface area contributed by atoms with E-state index in [0.717, 1.165) is 11.2 Å². The van der Waals surface area contributed by atoms with E-state index in [1.807, 2.05) is 0 Å². The standard InChI is InChI=1S/C13H21ClN3O9PS2.2Na/c1-15(10-11-4-6-12(7-5-11)26-27(19,20)21)13(18)17(29(3,24)25)16(9-8-14)28(2,22)23;;/h4-7H,8-10H2,1-3H3,(H2,19,20,21);;/q;2*+1/p-2. The van der Waals surface area contributed by atoms with Crippen molar-refractivity contribution in [3.05, 3.63) is 29.8 Å². The SMILES string of the molecule is CN(Cc1ccc(OP(=O)([O-])[O-])cc1)C(=O)N(N(CCCl)S(C)(=O)=O)S(C)(=O)=O.[Na+].[Na+]. The number of hydrogen-bond acceptors (Lipinski definition) is 9. The van der Waals surface area contributed by atoms with E-state index in [0.29, 0.717) is 16.2 Å². The molecule has 0 saturated carbocycles. The van der Waals surface area contributed by atoms with E-state index in [1.54, 1.807) is 0 Å². The molecule has 0 heterocycles. The number of nitrogens with zero attached hydrogens (tertiary/aromatic N) is 3. The van der Waals surface area contributed by atoms with Crippen LogP contribution < -0.4 is 73.4 Å². The summed E-state index contributed by atoms with van der Waals surface area (Å²) >= 11 is 5.54. The topological polar surface area (TPSA) is 167 Å². The van der Waals surface area contributed by atoms with Gasteiger partial charge in [-0.25, -0.2) is 21.6 Å². The third-order valence-electron chi connectivity index (χ3n) is 3.23. The molecule has 0 aliphatic carbocycles. The van der Waals surface area contributed by atoms with Crippen LogP contribution in [-0.2, 0) is 31.2 Å². The number of phosphoric ester groups is 1. The smallest absolute Gasteiger partial charge is 0.780 e. The number of amides is 2. The van der Waals surface area contributed by atoms with Crippen LogP contribution in [0.5, 0.6) is 5.75 Å². The molecule has 0 N–H and O–H groups in total. The molecule has 1 rings (SSSR count). The van der Waals surface area contributed by atoms with E-state index in [9.17, 15) is 36.0 Å². The number of hydrogen-bond donors (Lipinski definition) is 0. The molecule has 0 fully saturated rings. The number of carbonyl (C=O) groups is 1. The van der Waals surface area contributed by atoms with Crippen LogP contribution in [0.4, 0.5) is 4.79 Å². The predicted octanol–water partition coefficient (Wildman–Crippen LogP) is -6.87. The monoisotopic (exact) mass is 537 g/mol. The summed E-state index contributed by atoms with van der Waals surface area (Å²) in [6.45, 7) is -0.625. The summed E-state index contributed by atoms with van der Waals surface area (Å²) in [5.41, 5.74) is 0.413. The zero-order valence-electron chi connectivity index (χ0n) is 17.6. The second kappa shape index (κ2) is 13.5. The van der Waals surface area contributed by atoms with Gasteiger partial charge in [0.05, 0.1) is 12.5 Å². The van der Waals surface area contributed by atoms with Crippen LogP contribution in [0, 0.1) is 0 Å². The second-order valence-corrected chi connectivity index (χ2v) is 11.0. The fraction of sp³-hybridized carbons (Fsp3) is 0.462. The maximum absolute atomic E-state index is 12.7. The first kappa shape index (κ1) is 33.8. The minimum absolute atomic E-state index is 0. The molecule has 0 saturated heterocycles. The number of alkyl halides is 1. The third kappa shape index (κ3) is 11.5. The van der Waals surface area contributed by atoms with Crippen LogP contribution in [-0.4, -0.2) is 68.6 Å². The maximum atomic E-state index is 12.7.